The van der Waals surface area contributed by atoms with Gasteiger partial charge >= 0.3 is 11.9 Å². The number of para-hydroxylation sites is 1. The largest absolute Gasteiger partial charge is 0.461 e. The van der Waals surface area contributed by atoms with Crippen LogP contribution in [-0.2, 0) is 9.47 Å². The van der Waals surface area contributed by atoms with Crippen molar-refractivity contribution in [3.05, 3.63) is 62.6 Å². The number of fused-ring (bicyclic) bond motifs is 2. The van der Waals surface area contributed by atoms with Crippen molar-refractivity contribution < 1.29 is 24.0 Å². The number of nitro groups is 1. The summed E-state index contributed by atoms with van der Waals surface area (Å²) >= 11 is 2.45. The predicted octanol–water partition coefficient (Wildman–Crippen LogP) is 4.85. The molecule has 0 unspecified atom stereocenters. The molecule has 0 aliphatic heterocycles. The number of hydrogen-bond donors (Lipinski definition) is 0. The maximum absolute atomic E-state index is 11.4. The summed E-state index contributed by atoms with van der Waals surface area (Å²) in [5.74, 6) is -0.843. The van der Waals surface area contributed by atoms with Crippen LogP contribution in [0.25, 0.3) is 20.4 Å². The number of thiazole rings is 2. The summed E-state index contributed by atoms with van der Waals surface area (Å²) in [6.07, 6.45) is 0. The number of rotatable bonds is 5. The van der Waals surface area contributed by atoms with Crippen LogP contribution in [0.1, 0.15) is 33.5 Å². The number of non-ortho nitro benzene ring substituents is 1. The van der Waals surface area contributed by atoms with Crippen molar-refractivity contribution in [2.24, 2.45) is 0 Å². The summed E-state index contributed by atoms with van der Waals surface area (Å²) in [4.78, 5) is 41.1. The average Bonchev–Trinajstić information content (AvgIpc) is 3.38. The molecule has 0 bridgehead atoms. The van der Waals surface area contributed by atoms with E-state index in [0.29, 0.717) is 21.8 Å². The molecule has 2 aromatic carbocycles. The Morgan fingerprint density at radius 2 is 1.45 bits per heavy atom. The first-order valence-corrected chi connectivity index (χ1v) is 10.8. The first kappa shape index (κ1) is 22.2. The molecule has 9 nitrogen and oxygen atoms in total. The van der Waals surface area contributed by atoms with Gasteiger partial charge < -0.3 is 9.47 Å². The number of carbonyl (C=O) groups is 2. The lowest BCUT2D eigenvalue weighted by molar-refractivity contribution is -0.384. The third kappa shape index (κ3) is 5.38. The highest BCUT2D eigenvalue weighted by molar-refractivity contribution is 7.20. The first-order chi connectivity index (χ1) is 14.9. The lowest BCUT2D eigenvalue weighted by Crippen LogP contribution is -2.03. The van der Waals surface area contributed by atoms with E-state index >= 15 is 0 Å². The SMILES string of the molecule is CCOC(=O)c1nc2ccc([N+](=O)[O-])cc2s1.CCOC(=O)c1nc2ccccc2s1. The van der Waals surface area contributed by atoms with Crippen molar-refractivity contribution in [3.8, 4) is 0 Å². The van der Waals surface area contributed by atoms with E-state index in [9.17, 15) is 19.7 Å². The van der Waals surface area contributed by atoms with Gasteiger partial charge in [0.25, 0.3) is 5.69 Å². The predicted molar refractivity (Wildman–Crippen MR) is 118 cm³/mol. The van der Waals surface area contributed by atoms with Crippen molar-refractivity contribution >= 4 is 60.7 Å². The van der Waals surface area contributed by atoms with Crippen molar-refractivity contribution in [3.63, 3.8) is 0 Å². The molecular formula is C20H17N3O6S2. The molecule has 0 saturated carbocycles. The maximum Gasteiger partial charge on any atom is 0.367 e. The fourth-order valence-corrected chi connectivity index (χ4v) is 4.21. The zero-order valence-electron chi connectivity index (χ0n) is 16.6. The minimum absolute atomic E-state index is 0.0171. The van der Waals surface area contributed by atoms with E-state index in [1.165, 1.54) is 29.5 Å². The molecule has 0 saturated heterocycles. The molecule has 0 aliphatic rings. The molecule has 11 heteroatoms. The third-order valence-corrected chi connectivity index (χ3v) is 5.79. The van der Waals surface area contributed by atoms with E-state index in [-0.39, 0.29) is 23.3 Å². The Bertz CT molecular complexity index is 1220. The summed E-state index contributed by atoms with van der Waals surface area (Å²) in [5.41, 5.74) is 1.39. The van der Waals surface area contributed by atoms with Gasteiger partial charge in [-0.15, -0.1) is 22.7 Å². The summed E-state index contributed by atoms with van der Waals surface area (Å²) in [6.45, 7) is 4.14. The number of ether oxygens (including phenoxy) is 2. The number of esters is 2. The molecule has 160 valence electrons. The molecule has 2 heterocycles. The summed E-state index contributed by atoms with van der Waals surface area (Å²) in [5, 5.41) is 11.2. The summed E-state index contributed by atoms with van der Waals surface area (Å²) in [6, 6.07) is 11.9. The lowest BCUT2D eigenvalue weighted by atomic mass is 10.3. The first-order valence-electron chi connectivity index (χ1n) is 9.17. The van der Waals surface area contributed by atoms with Crippen molar-refractivity contribution in [1.29, 1.82) is 0 Å². The van der Waals surface area contributed by atoms with Gasteiger partial charge in [-0.05, 0) is 32.0 Å². The molecule has 0 aliphatic carbocycles. The van der Waals surface area contributed by atoms with E-state index in [4.69, 9.17) is 9.47 Å². The highest BCUT2D eigenvalue weighted by atomic mass is 32.1. The maximum atomic E-state index is 11.4. The van der Waals surface area contributed by atoms with E-state index in [0.717, 1.165) is 21.6 Å². The molecule has 0 fully saturated rings. The van der Waals surface area contributed by atoms with Crippen LogP contribution < -0.4 is 0 Å². The van der Waals surface area contributed by atoms with Gasteiger partial charge in [0, 0.05) is 12.1 Å². The topological polar surface area (TPSA) is 122 Å². The number of nitro benzene ring substituents is 1. The Morgan fingerprint density at radius 1 is 0.903 bits per heavy atom. The van der Waals surface area contributed by atoms with Gasteiger partial charge in [0.2, 0.25) is 10.0 Å². The number of aromatic nitrogens is 2. The van der Waals surface area contributed by atoms with Crippen molar-refractivity contribution in [2.75, 3.05) is 13.2 Å². The van der Waals surface area contributed by atoms with E-state index < -0.39 is 10.9 Å². The normalized spacial score (nSPS) is 10.4. The highest BCUT2D eigenvalue weighted by Gasteiger charge is 2.15. The second kappa shape index (κ2) is 10.0. The molecule has 0 atom stereocenters. The van der Waals surface area contributed by atoms with Gasteiger partial charge in [-0.3, -0.25) is 10.1 Å². The molecule has 0 amide bonds. The molecule has 0 spiro atoms. The van der Waals surface area contributed by atoms with Crippen LogP contribution in [0.15, 0.2) is 42.5 Å². The number of carbonyl (C=O) groups excluding carboxylic acids is 2. The zero-order valence-corrected chi connectivity index (χ0v) is 18.2. The second-order valence-corrected chi connectivity index (χ2v) is 7.92. The Balaban J connectivity index is 0.000000179. The molecule has 0 N–H and O–H groups in total. The van der Waals surface area contributed by atoms with Crippen LogP contribution in [0.5, 0.6) is 0 Å². The van der Waals surface area contributed by atoms with Gasteiger partial charge in [-0.25, -0.2) is 19.6 Å². The minimum atomic E-state index is -0.503. The highest BCUT2D eigenvalue weighted by Crippen LogP contribution is 2.26. The summed E-state index contributed by atoms with van der Waals surface area (Å²) in [7, 11) is 0. The molecule has 31 heavy (non-hydrogen) atoms. The Labute approximate surface area is 184 Å². The smallest absolute Gasteiger partial charge is 0.367 e. The quantitative estimate of drug-likeness (QED) is 0.236. The number of benzene rings is 2. The van der Waals surface area contributed by atoms with Gasteiger partial charge in [0.1, 0.15) is 0 Å². The van der Waals surface area contributed by atoms with Crippen LogP contribution >= 0.6 is 22.7 Å². The van der Waals surface area contributed by atoms with Gasteiger partial charge in [-0.2, -0.15) is 0 Å². The lowest BCUT2D eigenvalue weighted by Gasteiger charge is -1.94. The molecule has 4 rings (SSSR count). The Hall–Kier alpha value is -3.44. The minimum Gasteiger partial charge on any atom is -0.461 e. The van der Waals surface area contributed by atoms with E-state index in [1.54, 1.807) is 13.8 Å². The van der Waals surface area contributed by atoms with Crippen LogP contribution in [0.4, 0.5) is 5.69 Å². The average molecular weight is 460 g/mol. The van der Waals surface area contributed by atoms with Gasteiger partial charge in [-0.1, -0.05) is 12.1 Å². The Kier molecular flexibility index (Phi) is 7.21. The Morgan fingerprint density at radius 3 is 2.00 bits per heavy atom. The van der Waals surface area contributed by atoms with Crippen molar-refractivity contribution in [1.82, 2.24) is 9.97 Å². The van der Waals surface area contributed by atoms with Crippen LogP contribution in [0, 0.1) is 10.1 Å². The third-order valence-electron chi connectivity index (χ3n) is 3.78. The standard InChI is InChI=1S/C10H8N2O4S.C10H9NO2S/c1-2-16-10(13)9-11-7-4-3-6(12(14)15)5-8(7)17-9;1-2-13-10(12)9-11-7-5-3-4-6-8(7)14-9/h3-5H,2H2,1H3;3-6H,2H2,1H3. The summed E-state index contributed by atoms with van der Waals surface area (Å²) < 4.78 is 11.3. The molecule has 4 aromatic rings. The van der Waals surface area contributed by atoms with Crippen LogP contribution in [-0.4, -0.2) is 40.0 Å². The molecule has 2 aromatic heterocycles. The fourth-order valence-electron chi connectivity index (χ4n) is 2.46. The zero-order chi connectivity index (χ0) is 22.4. The molecule has 0 radical (unpaired) electrons. The van der Waals surface area contributed by atoms with Crippen LogP contribution in [0.2, 0.25) is 0 Å². The monoisotopic (exact) mass is 459 g/mol. The number of nitrogens with zero attached hydrogens (tertiary/aromatic N) is 3. The second-order valence-electron chi connectivity index (χ2n) is 5.86. The molecular weight excluding hydrogens is 442 g/mol. The van der Waals surface area contributed by atoms with Gasteiger partial charge in [0.05, 0.1) is 38.6 Å². The van der Waals surface area contributed by atoms with Crippen LogP contribution in [0.3, 0.4) is 0 Å². The van der Waals surface area contributed by atoms with E-state index in [2.05, 4.69) is 9.97 Å². The number of hydrogen-bond acceptors (Lipinski definition) is 10. The van der Waals surface area contributed by atoms with Crippen molar-refractivity contribution in [2.45, 2.75) is 13.8 Å². The van der Waals surface area contributed by atoms with E-state index in [1.807, 2.05) is 24.3 Å². The van der Waals surface area contributed by atoms with Gasteiger partial charge in [0.15, 0.2) is 0 Å². The fraction of sp³-hybridized carbons (Fsp3) is 0.200.